The Bertz CT molecular complexity index is 3620. The highest BCUT2D eigenvalue weighted by Crippen LogP contribution is 2.52. The zero-order valence-corrected chi connectivity index (χ0v) is 42.4. The fraction of sp³-hybridized carbons (Fsp3) is 0.103. The second kappa shape index (κ2) is 13.0. The molecule has 0 nitrogen and oxygen atoms in total. The molecule has 4 heterocycles. The van der Waals surface area contributed by atoms with Gasteiger partial charge in [0.25, 0.3) is 0 Å². The summed E-state index contributed by atoms with van der Waals surface area (Å²) in [6.45, 7) is 14.0. The molecular formula is C58H36B2Br4. The SMILES string of the molecule is Cc1cc(C)c(-c2cc3c4c(cc5c(-c6c(C)cc(C)cc6C)cc6c7c(cc2c4c57)B2c4ccc(Br)cc4-c4cc(Br)cc-6c42)B2c4ccc(Br)cc4-c4cc(Br)cc-3c42)c(C)c1. The van der Waals surface area contributed by atoms with Crippen LogP contribution in [0.4, 0.5) is 0 Å². The van der Waals surface area contributed by atoms with Crippen molar-refractivity contribution in [2.45, 2.75) is 41.5 Å². The van der Waals surface area contributed by atoms with Crippen molar-refractivity contribution in [1.82, 2.24) is 0 Å². The molecule has 0 radical (unpaired) electrons. The van der Waals surface area contributed by atoms with Crippen LogP contribution >= 0.6 is 63.7 Å². The molecule has 0 spiro atoms. The normalized spacial score (nSPS) is 13.4. The van der Waals surface area contributed by atoms with E-state index < -0.39 is 0 Å². The number of aryl methyl sites for hydroxylation is 6. The van der Waals surface area contributed by atoms with Gasteiger partial charge in [0.15, 0.2) is 0 Å². The standard InChI is InChI=1S/C58H36B2Br4/c1-25-11-27(3)51(28(4)12-25)37-21-39-45-19-33(63)17-43-35-15-32(62)8-10-48(35)60(57(43)45)50-24-42-38(52-29(5)13-26(2)14-30(52)6)22-40-46-20-34(64)18-44-36-16-31(61)7-9-47(36)59(58(44)46)49-23-41(37)55(53(39)50)56(42)54(40)49/h7-24H,1-6H3. The van der Waals surface area contributed by atoms with Crippen molar-refractivity contribution in [1.29, 1.82) is 0 Å². The summed E-state index contributed by atoms with van der Waals surface area (Å²) in [6.07, 6.45) is 0. The van der Waals surface area contributed by atoms with Gasteiger partial charge in [0.05, 0.1) is 0 Å². The summed E-state index contributed by atoms with van der Waals surface area (Å²) in [5, 5.41) is 8.29. The van der Waals surface area contributed by atoms with Gasteiger partial charge in [-0.05, 0) is 224 Å². The van der Waals surface area contributed by atoms with E-state index in [1.54, 1.807) is 0 Å². The zero-order chi connectivity index (χ0) is 43.5. The molecule has 0 unspecified atom stereocenters. The lowest BCUT2D eigenvalue weighted by Crippen LogP contribution is -2.53. The van der Waals surface area contributed by atoms with E-state index in [0.29, 0.717) is 0 Å². The Kier molecular flexibility index (Phi) is 7.83. The number of hydrogen-bond acceptors (Lipinski definition) is 0. The minimum atomic E-state index is 0.105. The topological polar surface area (TPSA) is 0 Å². The smallest absolute Gasteiger partial charge is 0.0652 e. The number of fused-ring (bicyclic) bond motifs is 10. The molecule has 0 aromatic heterocycles. The minimum Gasteiger partial charge on any atom is -0.0652 e. The molecule has 6 heteroatoms. The Balaban J connectivity index is 1.27. The maximum atomic E-state index is 4.05. The number of hydrogen-bond donors (Lipinski definition) is 0. The van der Waals surface area contributed by atoms with Crippen molar-refractivity contribution in [3.63, 3.8) is 0 Å². The quantitative estimate of drug-likeness (QED) is 0.120. The molecule has 302 valence electrons. The van der Waals surface area contributed by atoms with Crippen LogP contribution in [0.3, 0.4) is 0 Å². The van der Waals surface area contributed by atoms with Gasteiger partial charge >= 0.3 is 0 Å². The lowest BCUT2D eigenvalue weighted by atomic mass is 9.34. The second-order valence-electron chi connectivity index (χ2n) is 19.2. The van der Waals surface area contributed by atoms with Crippen LogP contribution in [0, 0.1) is 41.5 Å². The highest BCUT2D eigenvalue weighted by molar-refractivity contribution is 9.11. The molecular weight excluding hydrogens is 1040 g/mol. The van der Waals surface area contributed by atoms with Gasteiger partial charge in [0.2, 0.25) is 13.4 Å². The van der Waals surface area contributed by atoms with Crippen LogP contribution in [0.15, 0.2) is 127 Å². The summed E-state index contributed by atoms with van der Waals surface area (Å²) in [7, 11) is 0. The van der Waals surface area contributed by atoms with Crippen molar-refractivity contribution in [3.8, 4) is 66.8 Å². The molecule has 4 aliphatic heterocycles. The van der Waals surface area contributed by atoms with Gasteiger partial charge in [-0.2, -0.15) is 0 Å². The Hall–Kier alpha value is -4.71. The van der Waals surface area contributed by atoms with E-state index in [0.717, 1.165) is 17.9 Å². The first-order valence-corrected chi connectivity index (χ1v) is 25.3. The summed E-state index contributed by atoms with van der Waals surface area (Å²) >= 11 is 15.9. The number of rotatable bonds is 2. The van der Waals surface area contributed by atoms with Gasteiger partial charge in [-0.3, -0.25) is 0 Å². The lowest BCUT2D eigenvalue weighted by Gasteiger charge is -2.33. The highest BCUT2D eigenvalue weighted by atomic mass is 79.9. The highest BCUT2D eigenvalue weighted by Gasteiger charge is 2.45. The van der Waals surface area contributed by atoms with Crippen LogP contribution in [-0.2, 0) is 0 Å². The molecule has 0 saturated heterocycles. The van der Waals surface area contributed by atoms with Crippen molar-refractivity contribution < 1.29 is 0 Å². The first-order chi connectivity index (χ1) is 30.8. The largest absolute Gasteiger partial charge is 0.244 e. The van der Waals surface area contributed by atoms with Crippen molar-refractivity contribution >= 4 is 142 Å². The van der Waals surface area contributed by atoms with E-state index in [1.807, 2.05) is 0 Å². The van der Waals surface area contributed by atoms with Crippen LogP contribution in [0.5, 0.6) is 0 Å². The van der Waals surface area contributed by atoms with Gasteiger partial charge in [0.1, 0.15) is 0 Å². The average Bonchev–Trinajstić information content (AvgIpc) is 3.73. The van der Waals surface area contributed by atoms with E-state index in [4.69, 9.17) is 0 Å². The second-order valence-corrected chi connectivity index (χ2v) is 22.8. The molecule has 64 heavy (non-hydrogen) atoms. The van der Waals surface area contributed by atoms with E-state index in [9.17, 15) is 0 Å². The van der Waals surface area contributed by atoms with E-state index in [-0.39, 0.29) is 13.4 Å². The zero-order valence-electron chi connectivity index (χ0n) is 36.1. The summed E-state index contributed by atoms with van der Waals surface area (Å²) in [4.78, 5) is 0. The molecule has 0 saturated carbocycles. The molecule has 10 aromatic rings. The van der Waals surface area contributed by atoms with Gasteiger partial charge in [-0.15, -0.1) is 0 Å². The van der Waals surface area contributed by atoms with Gasteiger partial charge < -0.3 is 0 Å². The molecule has 0 bridgehead atoms. The third kappa shape index (κ3) is 4.86. The van der Waals surface area contributed by atoms with Gasteiger partial charge in [0, 0.05) is 17.9 Å². The monoisotopic (exact) mass is 1070 g/mol. The predicted octanol–water partition coefficient (Wildman–Crippen LogP) is 13.8. The van der Waals surface area contributed by atoms with Crippen molar-refractivity contribution in [2.24, 2.45) is 0 Å². The Morgan fingerprint density at radius 3 is 1.02 bits per heavy atom. The van der Waals surface area contributed by atoms with E-state index in [1.165, 1.54) is 165 Å². The summed E-state index contributed by atoms with van der Waals surface area (Å²) in [5.41, 5.74) is 32.3. The Morgan fingerprint density at radius 1 is 0.297 bits per heavy atom. The fourth-order valence-corrected chi connectivity index (χ4v) is 15.1. The number of halogens is 4. The maximum Gasteiger partial charge on any atom is 0.244 e. The maximum absolute atomic E-state index is 4.05. The molecule has 0 amide bonds. The van der Waals surface area contributed by atoms with Gasteiger partial charge in [-0.25, -0.2) is 0 Å². The molecule has 14 rings (SSSR count). The molecule has 4 aliphatic rings. The summed E-state index contributed by atoms with van der Waals surface area (Å²) in [5.74, 6) is 0. The van der Waals surface area contributed by atoms with Gasteiger partial charge in [-0.1, -0.05) is 156 Å². The average molecular weight is 1070 g/mol. The van der Waals surface area contributed by atoms with Crippen LogP contribution in [0.2, 0.25) is 0 Å². The summed E-state index contributed by atoms with van der Waals surface area (Å²) < 4.78 is 4.44. The first-order valence-electron chi connectivity index (χ1n) is 22.1. The molecule has 0 atom stereocenters. The third-order valence-corrected chi connectivity index (χ3v) is 17.3. The Labute approximate surface area is 407 Å². The van der Waals surface area contributed by atoms with Crippen LogP contribution in [-0.4, -0.2) is 13.4 Å². The van der Waals surface area contributed by atoms with Crippen molar-refractivity contribution in [3.05, 3.63) is 160 Å². The molecule has 0 N–H and O–H groups in total. The fourth-order valence-electron chi connectivity index (χ4n) is 13.5. The van der Waals surface area contributed by atoms with E-state index >= 15 is 0 Å². The van der Waals surface area contributed by atoms with Crippen molar-refractivity contribution in [2.75, 3.05) is 0 Å². The van der Waals surface area contributed by atoms with Crippen LogP contribution < -0.4 is 32.8 Å². The predicted molar refractivity (Wildman–Crippen MR) is 291 cm³/mol. The number of benzene rings is 10. The first kappa shape index (κ1) is 38.5. The lowest BCUT2D eigenvalue weighted by molar-refractivity contribution is 1.32. The minimum absolute atomic E-state index is 0.105. The Morgan fingerprint density at radius 2 is 0.641 bits per heavy atom. The third-order valence-electron chi connectivity index (χ3n) is 15.4. The summed E-state index contributed by atoms with van der Waals surface area (Å²) in [6, 6.07) is 43.5. The molecule has 0 fully saturated rings. The molecule has 10 aromatic carbocycles. The molecule has 0 aliphatic carbocycles. The van der Waals surface area contributed by atoms with Crippen LogP contribution in [0.25, 0.3) is 99.1 Å². The van der Waals surface area contributed by atoms with E-state index in [2.05, 4.69) is 214 Å². The van der Waals surface area contributed by atoms with Crippen LogP contribution in [0.1, 0.15) is 33.4 Å².